The molecule has 0 saturated carbocycles. The van der Waals surface area contributed by atoms with Gasteiger partial charge in [-0.25, -0.2) is 4.99 Å². The van der Waals surface area contributed by atoms with E-state index in [0.29, 0.717) is 12.5 Å². The molecule has 0 bridgehead atoms. The number of amidine groups is 1. The minimum absolute atomic E-state index is 0.160. The van der Waals surface area contributed by atoms with E-state index in [4.69, 9.17) is 19.7 Å². The van der Waals surface area contributed by atoms with Gasteiger partial charge in [0.1, 0.15) is 18.2 Å². The molecule has 3 aliphatic heterocycles. The number of hydrogen-bond donors (Lipinski definition) is 0. The molecule has 2 atom stereocenters. The number of aliphatic imine (C=N–C) groups is 3. The third-order valence-corrected chi connectivity index (χ3v) is 8.45. The summed E-state index contributed by atoms with van der Waals surface area (Å²) >= 11 is 0. The fourth-order valence-electron chi connectivity index (χ4n) is 6.30. The van der Waals surface area contributed by atoms with Crippen molar-refractivity contribution in [3.8, 4) is 5.75 Å². The van der Waals surface area contributed by atoms with Gasteiger partial charge < -0.3 is 9.64 Å². The van der Waals surface area contributed by atoms with E-state index in [9.17, 15) is 0 Å². The molecule has 5 rings (SSSR count). The van der Waals surface area contributed by atoms with Gasteiger partial charge in [-0.2, -0.15) is 0 Å². The number of ether oxygens (including phenoxy) is 1. The molecule has 0 amide bonds. The Labute approximate surface area is 241 Å². The van der Waals surface area contributed by atoms with Crippen molar-refractivity contribution in [3.63, 3.8) is 0 Å². The Bertz CT molecular complexity index is 1340. The van der Waals surface area contributed by atoms with Gasteiger partial charge in [-0.15, -0.1) is 0 Å². The van der Waals surface area contributed by atoms with Crippen molar-refractivity contribution in [3.05, 3.63) is 70.6 Å². The lowest BCUT2D eigenvalue weighted by Crippen LogP contribution is -2.41. The summed E-state index contributed by atoms with van der Waals surface area (Å²) in [5.74, 6) is 2.62. The summed E-state index contributed by atoms with van der Waals surface area (Å²) in [6.07, 6.45) is 15.5. The zero-order valence-electron chi connectivity index (χ0n) is 25.3. The van der Waals surface area contributed by atoms with Crippen LogP contribution in [0.2, 0.25) is 0 Å². The second-order valence-electron chi connectivity index (χ2n) is 12.3. The molecule has 5 heteroatoms. The van der Waals surface area contributed by atoms with Crippen LogP contribution in [0, 0.1) is 11.8 Å². The molecular weight excluding hydrogens is 492 g/mol. The average Bonchev–Trinajstić information content (AvgIpc) is 3.22. The van der Waals surface area contributed by atoms with Crippen molar-refractivity contribution < 1.29 is 4.74 Å². The summed E-state index contributed by atoms with van der Waals surface area (Å²) in [4.78, 5) is 17.5. The molecule has 212 valence electrons. The molecular formula is C35H46N4O. The lowest BCUT2D eigenvalue weighted by atomic mass is 9.89. The number of fused-ring (bicyclic) bond motifs is 1. The van der Waals surface area contributed by atoms with Gasteiger partial charge in [0.15, 0.2) is 0 Å². The Kier molecular flexibility index (Phi) is 8.87. The van der Waals surface area contributed by atoms with Gasteiger partial charge in [0.2, 0.25) is 0 Å². The molecule has 0 aromatic heterocycles. The van der Waals surface area contributed by atoms with E-state index >= 15 is 0 Å². The fraction of sp³-hybridized carbons (Fsp3) is 0.514. The number of rotatable bonds is 2. The second-order valence-corrected chi connectivity index (χ2v) is 12.3. The molecule has 0 N–H and O–H groups in total. The van der Waals surface area contributed by atoms with E-state index in [1.165, 1.54) is 51.4 Å². The van der Waals surface area contributed by atoms with Gasteiger partial charge in [0.05, 0.1) is 18.2 Å². The van der Waals surface area contributed by atoms with Crippen LogP contribution in [0.25, 0.3) is 5.57 Å². The molecule has 2 unspecified atom stereocenters. The van der Waals surface area contributed by atoms with Crippen molar-refractivity contribution >= 4 is 22.8 Å². The van der Waals surface area contributed by atoms with Crippen LogP contribution in [0.4, 0.5) is 0 Å². The third kappa shape index (κ3) is 6.56. The highest BCUT2D eigenvalue weighted by Gasteiger charge is 2.29. The minimum atomic E-state index is 0.160. The molecule has 5 nitrogen and oxygen atoms in total. The van der Waals surface area contributed by atoms with E-state index < -0.39 is 0 Å². The topological polar surface area (TPSA) is 49.5 Å². The Hall–Kier alpha value is -3.21. The van der Waals surface area contributed by atoms with Crippen LogP contribution in [0.15, 0.2) is 74.4 Å². The molecule has 0 radical (unpaired) electrons. The van der Waals surface area contributed by atoms with Crippen LogP contribution in [0.5, 0.6) is 5.75 Å². The van der Waals surface area contributed by atoms with E-state index in [0.717, 1.165) is 56.8 Å². The van der Waals surface area contributed by atoms with Gasteiger partial charge in [-0.3, -0.25) is 9.98 Å². The molecule has 1 aromatic carbocycles. The number of nitrogens with zero attached hydrogens (tertiary/aromatic N) is 4. The van der Waals surface area contributed by atoms with Crippen molar-refractivity contribution in [2.75, 3.05) is 13.2 Å². The molecule has 1 aliphatic carbocycles. The zero-order valence-corrected chi connectivity index (χ0v) is 25.3. The summed E-state index contributed by atoms with van der Waals surface area (Å²) in [6.45, 7) is 15.5. The molecule has 1 aromatic rings. The molecule has 0 saturated heterocycles. The number of allylic oxidation sites excluding steroid dienone is 6. The van der Waals surface area contributed by atoms with E-state index in [1.807, 2.05) is 6.20 Å². The molecule has 3 heterocycles. The third-order valence-electron chi connectivity index (χ3n) is 8.45. The molecule has 0 spiro atoms. The SMILES string of the molecule is CC1=CC(c2ccc3c(c2)CN(C2=NC=CCC(C)C(=NC(C)C)C2C)CCO3)=CC2=C(CCCC(C)=N2)CC1. The van der Waals surface area contributed by atoms with Gasteiger partial charge in [0.25, 0.3) is 0 Å². The summed E-state index contributed by atoms with van der Waals surface area (Å²) in [7, 11) is 0. The predicted octanol–water partition coefficient (Wildman–Crippen LogP) is 8.34. The minimum Gasteiger partial charge on any atom is -0.491 e. The lowest BCUT2D eigenvalue weighted by Gasteiger charge is -2.31. The first-order chi connectivity index (χ1) is 19.3. The van der Waals surface area contributed by atoms with Gasteiger partial charge in [-0.1, -0.05) is 37.6 Å². The maximum absolute atomic E-state index is 6.29. The maximum Gasteiger partial charge on any atom is 0.124 e. The second kappa shape index (κ2) is 12.5. The first-order valence-electron chi connectivity index (χ1n) is 15.2. The standard InChI is InChI=1S/C35H46N4O/c1-23(2)37-34-25(4)9-8-16-36-35(27(34)6)39-17-18-40-33-15-14-29(20-31(33)22-39)30-19-24(3)12-13-28-11-7-10-26(5)38-32(28)21-30/h8,14-16,19-21,23,25,27H,7,9-13,17-18,22H2,1-6H3. The summed E-state index contributed by atoms with van der Waals surface area (Å²) < 4.78 is 6.29. The lowest BCUT2D eigenvalue weighted by molar-refractivity contribution is 0.286. The van der Waals surface area contributed by atoms with Gasteiger partial charge in [0, 0.05) is 35.8 Å². The van der Waals surface area contributed by atoms with Crippen molar-refractivity contribution in [1.29, 1.82) is 0 Å². The highest BCUT2D eigenvalue weighted by atomic mass is 16.5. The van der Waals surface area contributed by atoms with Crippen LogP contribution in [-0.2, 0) is 6.54 Å². The summed E-state index contributed by atoms with van der Waals surface area (Å²) in [6, 6.07) is 6.97. The summed E-state index contributed by atoms with van der Waals surface area (Å²) in [5.41, 5.74) is 10.3. The van der Waals surface area contributed by atoms with Gasteiger partial charge >= 0.3 is 0 Å². The van der Waals surface area contributed by atoms with E-state index in [1.54, 1.807) is 0 Å². The Morgan fingerprint density at radius 2 is 1.90 bits per heavy atom. The Balaban J connectivity index is 1.51. The summed E-state index contributed by atoms with van der Waals surface area (Å²) in [5, 5.41) is 0. The normalized spacial score (nSPS) is 25.2. The molecule has 40 heavy (non-hydrogen) atoms. The Morgan fingerprint density at radius 1 is 1.05 bits per heavy atom. The smallest absolute Gasteiger partial charge is 0.124 e. The number of benzene rings is 1. The van der Waals surface area contributed by atoms with Crippen LogP contribution >= 0.6 is 0 Å². The van der Waals surface area contributed by atoms with Crippen LogP contribution in [0.3, 0.4) is 0 Å². The van der Waals surface area contributed by atoms with Crippen molar-refractivity contribution in [2.24, 2.45) is 26.8 Å². The quantitative estimate of drug-likeness (QED) is 0.380. The van der Waals surface area contributed by atoms with Crippen LogP contribution in [-0.4, -0.2) is 41.4 Å². The van der Waals surface area contributed by atoms with E-state index in [2.05, 4.69) is 82.9 Å². The first kappa shape index (κ1) is 28.3. The van der Waals surface area contributed by atoms with Crippen LogP contribution in [0.1, 0.15) is 91.2 Å². The van der Waals surface area contributed by atoms with Crippen molar-refractivity contribution in [2.45, 2.75) is 92.7 Å². The molecule has 0 fully saturated rings. The largest absolute Gasteiger partial charge is 0.491 e. The zero-order chi connectivity index (χ0) is 28.2. The average molecular weight is 539 g/mol. The number of hydrogen-bond acceptors (Lipinski definition) is 5. The first-order valence-corrected chi connectivity index (χ1v) is 15.2. The Morgan fingerprint density at radius 3 is 2.73 bits per heavy atom. The maximum atomic E-state index is 6.29. The monoisotopic (exact) mass is 538 g/mol. The van der Waals surface area contributed by atoms with E-state index in [-0.39, 0.29) is 12.0 Å². The highest BCUT2D eigenvalue weighted by Crippen LogP contribution is 2.34. The predicted molar refractivity (Wildman–Crippen MR) is 169 cm³/mol. The highest BCUT2D eigenvalue weighted by molar-refractivity contribution is 6.07. The molecule has 4 aliphatic rings. The van der Waals surface area contributed by atoms with Crippen molar-refractivity contribution in [1.82, 2.24) is 4.90 Å². The van der Waals surface area contributed by atoms with Gasteiger partial charge in [-0.05, 0) is 107 Å². The van der Waals surface area contributed by atoms with Crippen LogP contribution < -0.4 is 4.74 Å². The fourth-order valence-corrected chi connectivity index (χ4v) is 6.30.